The van der Waals surface area contributed by atoms with Crippen molar-refractivity contribution in [3.05, 3.63) is 17.5 Å². The Hall–Kier alpha value is -0.430. The van der Waals surface area contributed by atoms with Gasteiger partial charge in [-0.1, -0.05) is 19.9 Å². The lowest BCUT2D eigenvalue weighted by Crippen LogP contribution is -2.67. The summed E-state index contributed by atoms with van der Waals surface area (Å²) in [5.41, 5.74) is -1.03. The molecule has 3 saturated carbocycles. The number of rotatable bonds is 3. The summed E-state index contributed by atoms with van der Waals surface area (Å²) in [6.45, 7) is 6.00. The lowest BCUT2D eigenvalue weighted by Gasteiger charge is -2.64. The molecule has 0 spiro atoms. The molecule has 4 nitrogen and oxygen atoms in total. The van der Waals surface area contributed by atoms with E-state index in [1.54, 1.807) is 18.4 Å². The van der Waals surface area contributed by atoms with Gasteiger partial charge in [0.2, 0.25) is 0 Å². The smallest absolute Gasteiger partial charge is 0.306 e. The molecule has 0 radical (unpaired) electrons. The summed E-state index contributed by atoms with van der Waals surface area (Å²) in [7, 11) is -3.77. The van der Waals surface area contributed by atoms with Crippen molar-refractivity contribution in [1.29, 1.82) is 0 Å². The van der Waals surface area contributed by atoms with Crippen LogP contribution in [0.3, 0.4) is 0 Å². The van der Waals surface area contributed by atoms with Gasteiger partial charge < -0.3 is 5.11 Å². The average Bonchev–Trinajstić information content (AvgIpc) is 2.84. The maximum atomic E-state index is 12.2. The second-order valence-corrected chi connectivity index (χ2v) is 9.49. The molecule has 112 valence electrons. The van der Waals surface area contributed by atoms with Crippen LogP contribution in [0, 0.1) is 17.3 Å². The summed E-state index contributed by atoms with van der Waals surface area (Å²) in [4.78, 5) is 0. The van der Waals surface area contributed by atoms with Crippen molar-refractivity contribution in [2.45, 2.75) is 49.5 Å². The zero-order chi connectivity index (χ0) is 14.8. The SMILES string of the molecule is CC1(C)[C@@H]2CC(OS(=O)(=O)c3cccs3)[C@@](C)(O)[C@H]1C2. The first-order valence-corrected chi connectivity index (χ1v) is 9.13. The van der Waals surface area contributed by atoms with Crippen molar-refractivity contribution in [2.24, 2.45) is 17.3 Å². The lowest BCUT2D eigenvalue weighted by molar-refractivity contribution is -0.237. The van der Waals surface area contributed by atoms with Crippen molar-refractivity contribution in [3.63, 3.8) is 0 Å². The van der Waals surface area contributed by atoms with E-state index in [2.05, 4.69) is 13.8 Å². The molecule has 20 heavy (non-hydrogen) atoms. The van der Waals surface area contributed by atoms with Gasteiger partial charge in [0.1, 0.15) is 10.3 Å². The van der Waals surface area contributed by atoms with E-state index in [0.29, 0.717) is 12.3 Å². The number of fused-ring (bicyclic) bond motifs is 2. The van der Waals surface area contributed by atoms with Crippen LogP contribution in [-0.2, 0) is 14.3 Å². The van der Waals surface area contributed by atoms with Crippen molar-refractivity contribution in [3.8, 4) is 0 Å². The zero-order valence-corrected chi connectivity index (χ0v) is 13.5. The highest BCUT2D eigenvalue weighted by Crippen LogP contribution is 2.63. The minimum absolute atomic E-state index is 0.0655. The Bertz CT molecular complexity index is 601. The average molecular weight is 316 g/mol. The molecule has 0 aromatic carbocycles. The van der Waals surface area contributed by atoms with Crippen LogP contribution in [0.5, 0.6) is 0 Å². The molecule has 3 aliphatic carbocycles. The largest absolute Gasteiger partial charge is 0.387 e. The standard InChI is InChI=1S/C14H20O4S2/c1-13(2)9-7-10(13)14(3,15)11(8-9)18-20(16,17)12-5-4-6-19-12/h4-6,9-11,15H,7-8H2,1-3H3/t9-,10-,11?,14-/m0/s1. The van der Waals surface area contributed by atoms with E-state index in [9.17, 15) is 13.5 Å². The third-order valence-corrected chi connectivity index (χ3v) is 7.99. The van der Waals surface area contributed by atoms with Gasteiger partial charge in [0.15, 0.2) is 0 Å². The third-order valence-electron chi connectivity index (χ3n) is 5.31. The maximum absolute atomic E-state index is 12.2. The third kappa shape index (κ3) is 1.96. The predicted molar refractivity (Wildman–Crippen MR) is 77.0 cm³/mol. The highest BCUT2D eigenvalue weighted by Gasteiger charge is 2.64. The topological polar surface area (TPSA) is 63.6 Å². The van der Waals surface area contributed by atoms with E-state index in [0.717, 1.165) is 17.8 Å². The molecule has 6 heteroatoms. The molecule has 0 amide bonds. The number of hydrogen-bond donors (Lipinski definition) is 1. The van der Waals surface area contributed by atoms with Crippen LogP contribution in [-0.4, -0.2) is 25.2 Å². The number of thiophene rings is 1. The molecule has 3 fully saturated rings. The quantitative estimate of drug-likeness (QED) is 0.871. The van der Waals surface area contributed by atoms with E-state index < -0.39 is 21.8 Å². The minimum Gasteiger partial charge on any atom is -0.387 e. The van der Waals surface area contributed by atoms with E-state index in [1.807, 2.05) is 0 Å². The van der Waals surface area contributed by atoms with Gasteiger partial charge in [-0.05, 0) is 48.5 Å². The monoisotopic (exact) mass is 316 g/mol. The van der Waals surface area contributed by atoms with Gasteiger partial charge in [0.25, 0.3) is 0 Å². The van der Waals surface area contributed by atoms with E-state index in [-0.39, 0.29) is 15.5 Å². The molecular weight excluding hydrogens is 296 g/mol. The Morgan fingerprint density at radius 2 is 2.05 bits per heavy atom. The Morgan fingerprint density at radius 1 is 1.35 bits per heavy atom. The second-order valence-electron chi connectivity index (χ2n) is 6.74. The minimum atomic E-state index is -3.77. The van der Waals surface area contributed by atoms with Gasteiger partial charge in [-0.2, -0.15) is 8.42 Å². The van der Waals surface area contributed by atoms with Gasteiger partial charge in [0, 0.05) is 0 Å². The second kappa shape index (κ2) is 4.29. The van der Waals surface area contributed by atoms with Gasteiger partial charge in [0.05, 0.1) is 5.60 Å². The van der Waals surface area contributed by atoms with Crippen LogP contribution in [0.2, 0.25) is 0 Å². The molecule has 1 aromatic rings. The first kappa shape index (κ1) is 14.5. The molecule has 1 heterocycles. The van der Waals surface area contributed by atoms with Crippen LogP contribution in [0.15, 0.2) is 21.7 Å². The molecule has 3 aliphatic rings. The van der Waals surface area contributed by atoms with Gasteiger partial charge in [-0.25, -0.2) is 0 Å². The first-order chi connectivity index (χ1) is 9.15. The molecule has 1 aromatic heterocycles. The van der Waals surface area contributed by atoms with Crippen LogP contribution in [0.1, 0.15) is 33.6 Å². The molecule has 4 rings (SSSR count). The Kier molecular flexibility index (Phi) is 3.11. The van der Waals surface area contributed by atoms with E-state index in [1.165, 1.54) is 6.07 Å². The summed E-state index contributed by atoms with van der Waals surface area (Å²) >= 11 is 1.14. The van der Waals surface area contributed by atoms with Gasteiger partial charge in [-0.15, -0.1) is 11.3 Å². The van der Waals surface area contributed by atoms with Crippen molar-refractivity contribution in [1.82, 2.24) is 0 Å². The summed E-state index contributed by atoms with van der Waals surface area (Å²) in [5, 5.41) is 12.5. The van der Waals surface area contributed by atoms with Crippen LogP contribution in [0.25, 0.3) is 0 Å². The summed E-state index contributed by atoms with van der Waals surface area (Å²) in [5.74, 6) is 0.522. The highest BCUT2D eigenvalue weighted by molar-refractivity contribution is 7.89. The maximum Gasteiger partial charge on any atom is 0.306 e. The molecule has 0 aliphatic heterocycles. The molecule has 2 bridgehead atoms. The Morgan fingerprint density at radius 3 is 2.55 bits per heavy atom. The highest BCUT2D eigenvalue weighted by atomic mass is 32.3. The zero-order valence-electron chi connectivity index (χ0n) is 11.9. The molecule has 0 saturated heterocycles. The van der Waals surface area contributed by atoms with Crippen molar-refractivity contribution < 1.29 is 17.7 Å². The fourth-order valence-corrected chi connectivity index (χ4v) is 6.00. The van der Waals surface area contributed by atoms with Crippen LogP contribution < -0.4 is 0 Å². The number of hydrogen-bond acceptors (Lipinski definition) is 5. The lowest BCUT2D eigenvalue weighted by atomic mass is 9.43. The molecular formula is C14H20O4S2. The van der Waals surface area contributed by atoms with E-state index in [4.69, 9.17) is 4.18 Å². The Balaban J connectivity index is 1.83. The Labute approximate surface area is 123 Å². The fourth-order valence-electron chi connectivity index (χ4n) is 3.87. The number of aliphatic hydroxyl groups is 1. The summed E-state index contributed by atoms with van der Waals surface area (Å²) < 4.78 is 30.0. The van der Waals surface area contributed by atoms with Gasteiger partial charge >= 0.3 is 10.1 Å². The first-order valence-electron chi connectivity index (χ1n) is 6.85. The molecule has 4 atom stereocenters. The molecule has 1 unspecified atom stereocenters. The van der Waals surface area contributed by atoms with Crippen LogP contribution in [0.4, 0.5) is 0 Å². The summed E-state index contributed by atoms with van der Waals surface area (Å²) in [6.07, 6.45) is 0.909. The van der Waals surface area contributed by atoms with E-state index >= 15 is 0 Å². The fraction of sp³-hybridized carbons (Fsp3) is 0.714. The van der Waals surface area contributed by atoms with Crippen molar-refractivity contribution in [2.75, 3.05) is 0 Å². The molecule has 1 N–H and O–H groups in total. The van der Waals surface area contributed by atoms with Crippen molar-refractivity contribution >= 4 is 21.5 Å². The summed E-state index contributed by atoms with van der Waals surface area (Å²) in [6, 6.07) is 3.21. The normalized spacial score (nSPS) is 39.3. The van der Waals surface area contributed by atoms with Crippen LogP contribution >= 0.6 is 11.3 Å². The predicted octanol–water partition coefficient (Wildman–Crippen LogP) is 2.64. The van der Waals surface area contributed by atoms with Gasteiger partial charge in [-0.3, -0.25) is 4.18 Å².